The van der Waals surface area contributed by atoms with Crippen LogP contribution in [0.15, 0.2) is 42.5 Å². The number of anilines is 2. The summed E-state index contributed by atoms with van der Waals surface area (Å²) < 4.78 is 0. The third-order valence-corrected chi connectivity index (χ3v) is 4.10. The minimum Gasteiger partial charge on any atom is -0.322 e. The summed E-state index contributed by atoms with van der Waals surface area (Å²) in [5, 5.41) is 11.8. The highest BCUT2D eigenvalue weighted by Crippen LogP contribution is 2.24. The smallest absolute Gasteiger partial charge is 0.255 e. The van der Waals surface area contributed by atoms with E-state index in [2.05, 4.69) is 5.32 Å². The Labute approximate surface area is 148 Å². The molecule has 2 aromatic rings. The number of carbonyl (C=O) groups excluding carboxylic acids is 3. The van der Waals surface area contributed by atoms with Gasteiger partial charge in [0.15, 0.2) is 0 Å². The zero-order chi connectivity index (χ0) is 18.0. The van der Waals surface area contributed by atoms with Gasteiger partial charge in [0.05, 0.1) is 16.3 Å². The molecule has 0 aliphatic carbocycles. The summed E-state index contributed by atoms with van der Waals surface area (Å²) in [5.41, 5.74) is 1.60. The minimum atomic E-state index is -0.369. The van der Waals surface area contributed by atoms with E-state index in [9.17, 15) is 14.4 Å². The van der Waals surface area contributed by atoms with E-state index in [1.54, 1.807) is 18.2 Å². The fraction of sp³-hybridized carbons (Fsp3) is 0.111. The molecule has 0 atom stereocenters. The maximum Gasteiger partial charge on any atom is 0.255 e. The molecule has 0 bridgehead atoms. The van der Waals surface area contributed by atoms with Crippen LogP contribution in [0.2, 0.25) is 5.02 Å². The van der Waals surface area contributed by atoms with E-state index in [0.29, 0.717) is 22.5 Å². The first-order valence-electron chi connectivity index (χ1n) is 7.46. The number of amides is 3. The molecule has 0 spiro atoms. The molecule has 3 amide bonds. The first kappa shape index (κ1) is 16.7. The zero-order valence-corrected chi connectivity index (χ0v) is 13.7. The third kappa shape index (κ3) is 3.37. The Morgan fingerprint density at radius 2 is 1.72 bits per heavy atom. The maximum absolute atomic E-state index is 12.3. The molecule has 2 aromatic carbocycles. The third-order valence-electron chi connectivity index (χ3n) is 3.79. The van der Waals surface area contributed by atoms with Crippen LogP contribution in [0.25, 0.3) is 0 Å². The topological polar surface area (TPSA) is 90.3 Å². The van der Waals surface area contributed by atoms with Crippen molar-refractivity contribution in [3.63, 3.8) is 0 Å². The van der Waals surface area contributed by atoms with Gasteiger partial charge < -0.3 is 5.32 Å². The van der Waals surface area contributed by atoms with E-state index in [1.807, 2.05) is 6.07 Å². The van der Waals surface area contributed by atoms with Crippen LogP contribution in [0.5, 0.6) is 0 Å². The number of imide groups is 1. The normalized spacial score (nSPS) is 13.7. The van der Waals surface area contributed by atoms with Crippen LogP contribution in [0, 0.1) is 11.3 Å². The predicted octanol–water partition coefficient (Wildman–Crippen LogP) is 3.12. The molecule has 0 unspecified atom stereocenters. The Kier molecular flexibility index (Phi) is 4.50. The summed E-state index contributed by atoms with van der Waals surface area (Å²) >= 11 is 5.94. The van der Waals surface area contributed by atoms with E-state index in [0.717, 1.165) is 4.90 Å². The fourth-order valence-corrected chi connectivity index (χ4v) is 2.74. The number of rotatable bonds is 3. The molecule has 0 radical (unpaired) electrons. The van der Waals surface area contributed by atoms with Gasteiger partial charge in [-0.15, -0.1) is 0 Å². The van der Waals surface area contributed by atoms with Crippen molar-refractivity contribution >= 4 is 40.7 Å². The van der Waals surface area contributed by atoms with Crippen molar-refractivity contribution in [2.45, 2.75) is 12.8 Å². The number of benzene rings is 2. The van der Waals surface area contributed by atoms with Crippen LogP contribution < -0.4 is 10.2 Å². The number of nitriles is 1. The number of carbonyl (C=O) groups is 3. The summed E-state index contributed by atoms with van der Waals surface area (Å²) in [6.45, 7) is 0. The van der Waals surface area contributed by atoms with E-state index < -0.39 is 0 Å². The molecule has 1 saturated heterocycles. The van der Waals surface area contributed by atoms with Gasteiger partial charge in [0.1, 0.15) is 6.07 Å². The summed E-state index contributed by atoms with van der Waals surface area (Å²) in [6, 6.07) is 12.7. The summed E-state index contributed by atoms with van der Waals surface area (Å²) in [4.78, 5) is 36.8. The molecular formula is C18H12ClN3O3. The molecule has 0 saturated carbocycles. The van der Waals surface area contributed by atoms with Crippen LogP contribution in [0.3, 0.4) is 0 Å². The second kappa shape index (κ2) is 6.75. The van der Waals surface area contributed by atoms with Crippen LogP contribution in [0.1, 0.15) is 28.8 Å². The van der Waals surface area contributed by atoms with Gasteiger partial charge in [-0.1, -0.05) is 11.6 Å². The molecule has 25 heavy (non-hydrogen) atoms. The largest absolute Gasteiger partial charge is 0.322 e. The summed E-state index contributed by atoms with van der Waals surface area (Å²) in [7, 11) is 0. The molecule has 1 fully saturated rings. The van der Waals surface area contributed by atoms with Gasteiger partial charge in [-0.05, 0) is 42.5 Å². The van der Waals surface area contributed by atoms with E-state index >= 15 is 0 Å². The monoisotopic (exact) mass is 353 g/mol. The van der Waals surface area contributed by atoms with E-state index in [1.165, 1.54) is 24.3 Å². The number of hydrogen-bond donors (Lipinski definition) is 1. The van der Waals surface area contributed by atoms with Crippen molar-refractivity contribution < 1.29 is 14.4 Å². The quantitative estimate of drug-likeness (QED) is 0.858. The van der Waals surface area contributed by atoms with Crippen LogP contribution in [-0.2, 0) is 9.59 Å². The zero-order valence-electron chi connectivity index (χ0n) is 13.0. The van der Waals surface area contributed by atoms with Gasteiger partial charge in [-0.2, -0.15) is 5.26 Å². The molecule has 1 aliphatic heterocycles. The highest BCUT2D eigenvalue weighted by molar-refractivity contribution is 6.32. The molecule has 6 nitrogen and oxygen atoms in total. The van der Waals surface area contributed by atoms with Gasteiger partial charge in [0.25, 0.3) is 5.91 Å². The van der Waals surface area contributed by atoms with Crippen LogP contribution in [-0.4, -0.2) is 17.7 Å². The highest BCUT2D eigenvalue weighted by atomic mass is 35.5. The molecule has 124 valence electrons. The molecule has 1 aliphatic rings. The van der Waals surface area contributed by atoms with Gasteiger partial charge in [0, 0.05) is 24.1 Å². The van der Waals surface area contributed by atoms with Crippen molar-refractivity contribution in [3.05, 3.63) is 58.6 Å². The van der Waals surface area contributed by atoms with E-state index in [-0.39, 0.29) is 35.6 Å². The van der Waals surface area contributed by atoms with Crippen LogP contribution in [0.4, 0.5) is 11.4 Å². The SMILES string of the molecule is N#Cc1ccc(NC(=O)c2ccc(N3C(=O)CCC3=O)cc2)cc1Cl. The minimum absolute atomic E-state index is 0.209. The average Bonchev–Trinajstić information content (AvgIpc) is 2.94. The second-order valence-corrected chi connectivity index (χ2v) is 5.84. The lowest BCUT2D eigenvalue weighted by atomic mass is 10.1. The molecule has 3 rings (SSSR count). The molecule has 1 heterocycles. The highest BCUT2D eigenvalue weighted by Gasteiger charge is 2.30. The van der Waals surface area contributed by atoms with Crippen molar-refractivity contribution in [1.29, 1.82) is 5.26 Å². The van der Waals surface area contributed by atoms with Gasteiger partial charge in [-0.3, -0.25) is 19.3 Å². The summed E-state index contributed by atoms with van der Waals surface area (Å²) in [5.74, 6) is -0.852. The molecular weight excluding hydrogens is 342 g/mol. The Bertz CT molecular complexity index is 900. The maximum atomic E-state index is 12.3. The lowest BCUT2D eigenvalue weighted by Gasteiger charge is -2.14. The van der Waals surface area contributed by atoms with Gasteiger partial charge in [-0.25, -0.2) is 0 Å². The second-order valence-electron chi connectivity index (χ2n) is 5.43. The van der Waals surface area contributed by atoms with Crippen molar-refractivity contribution in [1.82, 2.24) is 0 Å². The van der Waals surface area contributed by atoms with Crippen molar-refractivity contribution in [3.8, 4) is 6.07 Å². The lowest BCUT2D eigenvalue weighted by molar-refractivity contribution is -0.121. The Morgan fingerprint density at radius 3 is 2.28 bits per heavy atom. The van der Waals surface area contributed by atoms with Crippen LogP contribution >= 0.6 is 11.6 Å². The molecule has 0 aromatic heterocycles. The summed E-state index contributed by atoms with van der Waals surface area (Å²) in [6.07, 6.45) is 0.418. The fourth-order valence-electron chi connectivity index (χ4n) is 2.51. The Hall–Kier alpha value is -3.17. The molecule has 1 N–H and O–H groups in total. The number of nitrogens with one attached hydrogen (secondary N) is 1. The molecule has 7 heteroatoms. The van der Waals surface area contributed by atoms with Gasteiger partial charge >= 0.3 is 0 Å². The van der Waals surface area contributed by atoms with Gasteiger partial charge in [0.2, 0.25) is 11.8 Å². The number of nitrogens with zero attached hydrogens (tertiary/aromatic N) is 2. The van der Waals surface area contributed by atoms with E-state index in [4.69, 9.17) is 16.9 Å². The Balaban J connectivity index is 1.75. The van der Waals surface area contributed by atoms with Crippen molar-refractivity contribution in [2.75, 3.05) is 10.2 Å². The standard InChI is InChI=1S/C18H12ClN3O3/c19-15-9-13(4-1-12(15)10-20)21-18(25)11-2-5-14(6-3-11)22-16(23)7-8-17(22)24/h1-6,9H,7-8H2,(H,21,25). The number of hydrogen-bond acceptors (Lipinski definition) is 4. The Morgan fingerprint density at radius 1 is 1.08 bits per heavy atom. The number of halogens is 1. The lowest BCUT2D eigenvalue weighted by Crippen LogP contribution is -2.28. The van der Waals surface area contributed by atoms with Crippen molar-refractivity contribution in [2.24, 2.45) is 0 Å². The predicted molar refractivity (Wildman–Crippen MR) is 92.3 cm³/mol. The first-order valence-corrected chi connectivity index (χ1v) is 7.84. The first-order chi connectivity index (χ1) is 12.0. The average molecular weight is 354 g/mol.